The number of oxime groups is 1. The molecule has 1 aliphatic carbocycles. The Morgan fingerprint density at radius 3 is 2.56 bits per heavy atom. The second-order valence-corrected chi connectivity index (χ2v) is 5.46. The van der Waals surface area contributed by atoms with Crippen LogP contribution in [0.15, 0.2) is 5.16 Å². The largest absolute Gasteiger partial charge is 0.409 e. The summed E-state index contributed by atoms with van der Waals surface area (Å²) in [5.74, 6) is -2.75. The molecular formula is C11H20F3N3O. The highest BCUT2D eigenvalue weighted by Gasteiger charge is 2.44. The third kappa shape index (κ3) is 3.51. The summed E-state index contributed by atoms with van der Waals surface area (Å²) in [5, 5.41) is 13.8. The molecular weight excluding hydrogens is 247 g/mol. The molecule has 18 heavy (non-hydrogen) atoms. The van der Waals surface area contributed by atoms with Crippen LogP contribution in [-0.2, 0) is 0 Å². The van der Waals surface area contributed by atoms with Crippen LogP contribution in [0.5, 0.6) is 0 Å². The van der Waals surface area contributed by atoms with Crippen molar-refractivity contribution >= 4 is 5.84 Å². The lowest BCUT2D eigenvalue weighted by molar-refractivity contribution is -0.155. The Morgan fingerprint density at radius 1 is 1.56 bits per heavy atom. The molecule has 106 valence electrons. The van der Waals surface area contributed by atoms with Crippen LogP contribution in [0.4, 0.5) is 13.2 Å². The smallest absolute Gasteiger partial charge is 0.400 e. The minimum atomic E-state index is -4.51. The van der Waals surface area contributed by atoms with Crippen molar-refractivity contribution in [2.75, 3.05) is 6.54 Å². The molecule has 0 spiro atoms. The van der Waals surface area contributed by atoms with Crippen molar-refractivity contribution in [2.24, 2.45) is 22.2 Å². The van der Waals surface area contributed by atoms with Crippen molar-refractivity contribution in [3.63, 3.8) is 0 Å². The van der Waals surface area contributed by atoms with Crippen molar-refractivity contribution in [3.05, 3.63) is 0 Å². The van der Waals surface area contributed by atoms with Gasteiger partial charge in [-0.15, -0.1) is 0 Å². The molecule has 0 aliphatic heterocycles. The number of halogens is 3. The summed E-state index contributed by atoms with van der Waals surface area (Å²) in [4.78, 5) is 0. The number of alkyl halides is 3. The number of amidine groups is 1. The summed E-state index contributed by atoms with van der Waals surface area (Å²) >= 11 is 0. The van der Waals surface area contributed by atoms with Gasteiger partial charge in [0.1, 0.15) is 5.92 Å². The average molecular weight is 267 g/mol. The molecule has 7 heteroatoms. The Hall–Kier alpha value is -0.980. The first-order chi connectivity index (χ1) is 8.18. The monoisotopic (exact) mass is 267 g/mol. The third-order valence-electron chi connectivity index (χ3n) is 3.69. The Bertz CT molecular complexity index is 315. The first kappa shape index (κ1) is 15.1. The summed E-state index contributed by atoms with van der Waals surface area (Å²) in [7, 11) is 0. The molecule has 0 aromatic heterocycles. The van der Waals surface area contributed by atoms with E-state index in [1.54, 1.807) is 0 Å². The van der Waals surface area contributed by atoms with Crippen molar-refractivity contribution in [2.45, 2.75) is 45.3 Å². The molecule has 4 N–H and O–H groups in total. The quantitative estimate of drug-likeness (QED) is 0.316. The maximum atomic E-state index is 12.7. The van der Waals surface area contributed by atoms with Gasteiger partial charge in [0, 0.05) is 12.6 Å². The SMILES string of the molecule is CC1(C)CCCC1NCC(C(N)=NO)C(F)(F)F. The topological polar surface area (TPSA) is 70.6 Å². The summed E-state index contributed by atoms with van der Waals surface area (Å²) in [6.45, 7) is 3.71. The van der Waals surface area contributed by atoms with Gasteiger partial charge in [-0.1, -0.05) is 25.4 Å². The van der Waals surface area contributed by atoms with Gasteiger partial charge in [0.25, 0.3) is 0 Å². The molecule has 1 saturated carbocycles. The van der Waals surface area contributed by atoms with Gasteiger partial charge in [0.05, 0.1) is 0 Å². The molecule has 0 aromatic rings. The van der Waals surface area contributed by atoms with Crippen molar-refractivity contribution in [1.82, 2.24) is 5.32 Å². The molecule has 0 saturated heterocycles. The van der Waals surface area contributed by atoms with Gasteiger partial charge in [0.2, 0.25) is 0 Å². The lowest BCUT2D eigenvalue weighted by atomic mass is 9.87. The van der Waals surface area contributed by atoms with Crippen molar-refractivity contribution < 1.29 is 18.4 Å². The summed E-state index contributed by atoms with van der Waals surface area (Å²) in [6.07, 6.45) is -1.66. The van der Waals surface area contributed by atoms with E-state index in [4.69, 9.17) is 10.9 Å². The predicted molar refractivity (Wildman–Crippen MR) is 62.4 cm³/mol. The fourth-order valence-corrected chi connectivity index (χ4v) is 2.42. The van der Waals surface area contributed by atoms with E-state index >= 15 is 0 Å². The third-order valence-corrected chi connectivity index (χ3v) is 3.69. The van der Waals surface area contributed by atoms with E-state index in [1.807, 2.05) is 13.8 Å². The molecule has 1 fully saturated rings. The molecule has 0 radical (unpaired) electrons. The number of rotatable bonds is 4. The molecule has 1 rings (SSSR count). The standard InChI is InChI=1S/C11H20F3N3O/c1-10(2)5-3-4-8(10)16-6-7(9(15)17-18)11(12,13)14/h7-8,16,18H,3-6H2,1-2H3,(H2,15,17). The van der Waals surface area contributed by atoms with Gasteiger partial charge in [-0.2, -0.15) is 13.2 Å². The van der Waals surface area contributed by atoms with Gasteiger partial charge in [-0.05, 0) is 18.3 Å². The molecule has 0 amide bonds. The van der Waals surface area contributed by atoms with Gasteiger partial charge in [-0.3, -0.25) is 0 Å². The maximum Gasteiger partial charge on any atom is 0.400 e. The van der Waals surface area contributed by atoms with Gasteiger partial charge < -0.3 is 16.3 Å². The zero-order chi connectivity index (χ0) is 14.0. The Kier molecular flexibility index (Phi) is 4.47. The highest BCUT2D eigenvalue weighted by atomic mass is 19.4. The molecule has 4 nitrogen and oxygen atoms in total. The first-order valence-corrected chi connectivity index (χ1v) is 5.96. The Balaban J connectivity index is 2.64. The van der Waals surface area contributed by atoms with Crippen LogP contribution in [0.2, 0.25) is 0 Å². The van der Waals surface area contributed by atoms with E-state index in [0.717, 1.165) is 19.3 Å². The van der Waals surface area contributed by atoms with Crippen LogP contribution < -0.4 is 11.1 Å². The lowest BCUT2D eigenvalue weighted by Gasteiger charge is -2.30. The molecule has 0 aromatic carbocycles. The predicted octanol–water partition coefficient (Wildman–Crippen LogP) is 2.08. The average Bonchev–Trinajstić information content (AvgIpc) is 2.56. The number of nitrogens with one attached hydrogen (secondary N) is 1. The fraction of sp³-hybridized carbons (Fsp3) is 0.909. The number of hydrogen-bond acceptors (Lipinski definition) is 3. The summed E-state index contributed by atoms with van der Waals surface area (Å²) in [6, 6.07) is 0.0360. The summed E-state index contributed by atoms with van der Waals surface area (Å²) < 4.78 is 38.1. The Morgan fingerprint density at radius 2 is 2.17 bits per heavy atom. The second kappa shape index (κ2) is 5.34. The van der Waals surface area contributed by atoms with E-state index in [9.17, 15) is 13.2 Å². The van der Waals surface area contributed by atoms with E-state index in [2.05, 4.69) is 10.5 Å². The molecule has 0 bridgehead atoms. The zero-order valence-electron chi connectivity index (χ0n) is 10.6. The minimum absolute atomic E-state index is 0.0126. The van der Waals surface area contributed by atoms with Gasteiger partial charge in [0.15, 0.2) is 5.84 Å². The highest BCUT2D eigenvalue weighted by Crippen LogP contribution is 2.37. The van der Waals surface area contributed by atoms with Crippen LogP contribution in [0.1, 0.15) is 33.1 Å². The van der Waals surface area contributed by atoms with Crippen LogP contribution in [0, 0.1) is 11.3 Å². The highest BCUT2D eigenvalue weighted by molar-refractivity contribution is 5.83. The van der Waals surface area contributed by atoms with E-state index in [-0.39, 0.29) is 18.0 Å². The van der Waals surface area contributed by atoms with Crippen LogP contribution >= 0.6 is 0 Å². The van der Waals surface area contributed by atoms with E-state index in [1.165, 1.54) is 0 Å². The van der Waals surface area contributed by atoms with Crippen LogP contribution in [-0.4, -0.2) is 29.8 Å². The maximum absolute atomic E-state index is 12.7. The second-order valence-electron chi connectivity index (χ2n) is 5.46. The van der Waals surface area contributed by atoms with Crippen molar-refractivity contribution in [3.8, 4) is 0 Å². The Labute approximate surface area is 104 Å². The minimum Gasteiger partial charge on any atom is -0.409 e. The normalized spacial score (nSPS) is 26.3. The number of nitrogens with two attached hydrogens (primary N) is 1. The molecule has 2 unspecified atom stereocenters. The molecule has 0 heterocycles. The van der Waals surface area contributed by atoms with Gasteiger partial charge >= 0.3 is 6.18 Å². The molecule has 2 atom stereocenters. The number of nitrogens with zero attached hydrogens (tertiary/aromatic N) is 1. The van der Waals surface area contributed by atoms with Crippen molar-refractivity contribution in [1.29, 1.82) is 0 Å². The number of hydrogen-bond donors (Lipinski definition) is 3. The van der Waals surface area contributed by atoms with E-state index < -0.39 is 17.9 Å². The van der Waals surface area contributed by atoms with Crippen LogP contribution in [0.3, 0.4) is 0 Å². The first-order valence-electron chi connectivity index (χ1n) is 5.96. The van der Waals surface area contributed by atoms with Crippen LogP contribution in [0.25, 0.3) is 0 Å². The van der Waals surface area contributed by atoms with E-state index in [0.29, 0.717) is 0 Å². The fourth-order valence-electron chi connectivity index (χ4n) is 2.42. The summed E-state index contributed by atoms with van der Waals surface area (Å²) in [5.41, 5.74) is 5.08. The lowest BCUT2D eigenvalue weighted by Crippen LogP contribution is -2.47. The van der Waals surface area contributed by atoms with Gasteiger partial charge in [-0.25, -0.2) is 0 Å². The molecule has 1 aliphatic rings. The zero-order valence-corrected chi connectivity index (χ0v) is 10.6.